The Balaban J connectivity index is 2.04. The Morgan fingerprint density at radius 2 is 2.06 bits per heavy atom. The Morgan fingerprint density at radius 3 is 2.76 bits per heavy atom. The predicted octanol–water partition coefficient (Wildman–Crippen LogP) is 1.73. The van der Waals surface area contributed by atoms with Crippen LogP contribution in [0, 0.1) is 6.92 Å². The molecule has 0 spiro atoms. The number of nitrogens with one attached hydrogen (secondary N) is 1. The summed E-state index contributed by atoms with van der Waals surface area (Å²) in [7, 11) is 0. The minimum Gasteiger partial charge on any atom is -0.395 e. The third kappa shape index (κ3) is 3.15. The molecule has 0 fully saturated rings. The lowest BCUT2D eigenvalue weighted by Gasteiger charge is -1.96. The zero-order valence-corrected chi connectivity index (χ0v) is 9.81. The predicted molar refractivity (Wildman–Crippen MR) is 65.5 cm³/mol. The Bertz CT molecular complexity index is 463. The molecule has 1 aromatic heterocycles. The molecule has 90 valence electrons. The highest BCUT2D eigenvalue weighted by molar-refractivity contribution is 5.59. The van der Waals surface area contributed by atoms with Crippen LogP contribution in [0.5, 0.6) is 0 Å². The number of aliphatic hydroxyl groups is 1. The van der Waals surface area contributed by atoms with Crippen LogP contribution in [-0.4, -0.2) is 23.4 Å². The van der Waals surface area contributed by atoms with Crippen molar-refractivity contribution in [1.29, 1.82) is 0 Å². The Hall–Kier alpha value is -1.65. The van der Waals surface area contributed by atoms with Gasteiger partial charge in [-0.3, -0.25) is 0 Å². The summed E-state index contributed by atoms with van der Waals surface area (Å²) in [6.07, 6.45) is 0. The molecular weight excluding hydrogens is 216 g/mol. The molecule has 0 radical (unpaired) electrons. The smallest absolute Gasteiger partial charge is 0.151 e. The lowest BCUT2D eigenvalue weighted by molar-refractivity contribution is 0.287. The molecule has 4 nitrogen and oxygen atoms in total. The summed E-state index contributed by atoms with van der Waals surface area (Å²) in [5.74, 6) is 0.772. The second kappa shape index (κ2) is 5.61. The summed E-state index contributed by atoms with van der Waals surface area (Å²) in [4.78, 5) is 0. The van der Waals surface area contributed by atoms with Crippen LogP contribution in [0.1, 0.15) is 11.3 Å². The van der Waals surface area contributed by atoms with Gasteiger partial charge in [-0.05, 0) is 6.92 Å². The van der Waals surface area contributed by atoms with E-state index in [1.54, 1.807) is 0 Å². The van der Waals surface area contributed by atoms with E-state index in [1.807, 2.05) is 30.3 Å². The highest BCUT2D eigenvalue weighted by atomic mass is 16.5. The fourth-order valence-corrected chi connectivity index (χ4v) is 1.55. The van der Waals surface area contributed by atoms with Gasteiger partial charge in [0.2, 0.25) is 0 Å². The standard InChI is InChI=1S/C13H16N2O2/c1-10-2-4-11(5-3-10)13-8-12(17-15-13)9-14-6-7-16/h2-5,8,14,16H,6-7,9H2,1H3. The Labute approximate surface area is 100 Å². The molecule has 0 amide bonds. The van der Waals surface area contributed by atoms with E-state index in [4.69, 9.17) is 9.63 Å². The number of aliphatic hydroxyl groups excluding tert-OH is 1. The van der Waals surface area contributed by atoms with Crippen molar-refractivity contribution in [2.24, 2.45) is 0 Å². The summed E-state index contributed by atoms with van der Waals surface area (Å²) in [6.45, 7) is 3.32. The second-order valence-electron chi connectivity index (χ2n) is 3.94. The molecule has 1 heterocycles. The van der Waals surface area contributed by atoms with Crippen LogP contribution in [0.3, 0.4) is 0 Å². The van der Waals surface area contributed by atoms with E-state index in [2.05, 4.69) is 17.4 Å². The number of rotatable bonds is 5. The summed E-state index contributed by atoms with van der Waals surface area (Å²) in [6, 6.07) is 10.1. The first-order valence-corrected chi connectivity index (χ1v) is 5.64. The quantitative estimate of drug-likeness (QED) is 0.771. The summed E-state index contributed by atoms with van der Waals surface area (Å²) >= 11 is 0. The maximum Gasteiger partial charge on any atom is 0.151 e. The number of benzene rings is 1. The van der Waals surface area contributed by atoms with E-state index in [-0.39, 0.29) is 6.61 Å². The number of aromatic nitrogens is 1. The average molecular weight is 232 g/mol. The monoisotopic (exact) mass is 232 g/mol. The van der Waals surface area contributed by atoms with Crippen molar-refractivity contribution in [3.63, 3.8) is 0 Å². The van der Waals surface area contributed by atoms with E-state index in [1.165, 1.54) is 5.56 Å². The zero-order valence-electron chi connectivity index (χ0n) is 9.81. The Kier molecular flexibility index (Phi) is 3.90. The minimum absolute atomic E-state index is 0.124. The van der Waals surface area contributed by atoms with Crippen LogP contribution in [0.15, 0.2) is 34.9 Å². The maximum absolute atomic E-state index is 8.64. The molecule has 1 aromatic carbocycles. The van der Waals surface area contributed by atoms with Gasteiger partial charge in [-0.1, -0.05) is 35.0 Å². The van der Waals surface area contributed by atoms with Crippen molar-refractivity contribution in [3.05, 3.63) is 41.7 Å². The van der Waals surface area contributed by atoms with Crippen LogP contribution in [0.2, 0.25) is 0 Å². The molecule has 2 N–H and O–H groups in total. The summed E-state index contributed by atoms with van der Waals surface area (Å²) in [5, 5.41) is 15.7. The maximum atomic E-state index is 8.64. The lowest BCUT2D eigenvalue weighted by Crippen LogP contribution is -2.16. The molecule has 0 aliphatic rings. The summed E-state index contributed by atoms with van der Waals surface area (Å²) in [5.41, 5.74) is 3.11. The van der Waals surface area contributed by atoms with Gasteiger partial charge in [0.25, 0.3) is 0 Å². The fourth-order valence-electron chi connectivity index (χ4n) is 1.55. The molecule has 0 bridgehead atoms. The molecular formula is C13H16N2O2. The minimum atomic E-state index is 0.124. The van der Waals surface area contributed by atoms with Gasteiger partial charge in [0.05, 0.1) is 13.2 Å². The van der Waals surface area contributed by atoms with E-state index >= 15 is 0 Å². The van der Waals surface area contributed by atoms with Gasteiger partial charge in [0.1, 0.15) is 5.69 Å². The molecule has 0 aliphatic carbocycles. The van der Waals surface area contributed by atoms with E-state index < -0.39 is 0 Å². The molecule has 0 aliphatic heterocycles. The van der Waals surface area contributed by atoms with Crippen LogP contribution in [0.4, 0.5) is 0 Å². The number of aryl methyl sites for hydroxylation is 1. The SMILES string of the molecule is Cc1ccc(-c2cc(CNCCO)on2)cc1. The van der Waals surface area contributed by atoms with Crippen LogP contribution in [0.25, 0.3) is 11.3 Å². The van der Waals surface area contributed by atoms with Gasteiger partial charge in [-0.2, -0.15) is 0 Å². The van der Waals surface area contributed by atoms with Gasteiger partial charge in [0.15, 0.2) is 5.76 Å². The van der Waals surface area contributed by atoms with E-state index in [0.29, 0.717) is 13.1 Å². The first kappa shape index (κ1) is 11.8. The normalized spacial score (nSPS) is 10.7. The Morgan fingerprint density at radius 1 is 1.29 bits per heavy atom. The number of nitrogens with zero attached hydrogens (tertiary/aromatic N) is 1. The van der Waals surface area contributed by atoms with Gasteiger partial charge in [-0.25, -0.2) is 0 Å². The van der Waals surface area contributed by atoms with Crippen molar-refractivity contribution in [2.45, 2.75) is 13.5 Å². The summed E-state index contributed by atoms with van der Waals surface area (Å²) < 4.78 is 5.20. The van der Waals surface area contributed by atoms with Crippen molar-refractivity contribution in [2.75, 3.05) is 13.2 Å². The van der Waals surface area contributed by atoms with Crippen LogP contribution < -0.4 is 5.32 Å². The highest BCUT2D eigenvalue weighted by Gasteiger charge is 2.05. The number of hydrogen-bond acceptors (Lipinski definition) is 4. The van der Waals surface area contributed by atoms with Crippen LogP contribution >= 0.6 is 0 Å². The fraction of sp³-hybridized carbons (Fsp3) is 0.308. The molecule has 0 saturated heterocycles. The zero-order chi connectivity index (χ0) is 12.1. The molecule has 17 heavy (non-hydrogen) atoms. The van der Waals surface area contributed by atoms with Crippen molar-refractivity contribution in [1.82, 2.24) is 10.5 Å². The first-order chi connectivity index (χ1) is 8.29. The van der Waals surface area contributed by atoms with Crippen molar-refractivity contribution >= 4 is 0 Å². The topological polar surface area (TPSA) is 58.3 Å². The lowest BCUT2D eigenvalue weighted by atomic mass is 10.1. The number of hydrogen-bond donors (Lipinski definition) is 2. The molecule has 0 unspecified atom stereocenters. The molecule has 4 heteroatoms. The molecule has 2 aromatic rings. The highest BCUT2D eigenvalue weighted by Crippen LogP contribution is 2.19. The van der Waals surface area contributed by atoms with E-state index in [9.17, 15) is 0 Å². The van der Waals surface area contributed by atoms with Gasteiger partial charge in [-0.15, -0.1) is 0 Å². The van der Waals surface area contributed by atoms with Gasteiger partial charge in [0, 0.05) is 18.2 Å². The average Bonchev–Trinajstić information content (AvgIpc) is 2.79. The van der Waals surface area contributed by atoms with E-state index in [0.717, 1.165) is 17.0 Å². The van der Waals surface area contributed by atoms with Crippen molar-refractivity contribution < 1.29 is 9.63 Å². The third-order valence-corrected chi connectivity index (χ3v) is 2.49. The van der Waals surface area contributed by atoms with Gasteiger partial charge >= 0.3 is 0 Å². The first-order valence-electron chi connectivity index (χ1n) is 5.64. The van der Waals surface area contributed by atoms with Crippen molar-refractivity contribution in [3.8, 4) is 11.3 Å². The van der Waals surface area contributed by atoms with Crippen LogP contribution in [-0.2, 0) is 6.54 Å². The third-order valence-electron chi connectivity index (χ3n) is 2.49. The van der Waals surface area contributed by atoms with Gasteiger partial charge < -0.3 is 14.9 Å². The largest absolute Gasteiger partial charge is 0.395 e. The second-order valence-corrected chi connectivity index (χ2v) is 3.94. The molecule has 2 rings (SSSR count). The molecule has 0 atom stereocenters. The molecule has 0 saturated carbocycles.